The summed E-state index contributed by atoms with van der Waals surface area (Å²) in [5.41, 5.74) is 0. The summed E-state index contributed by atoms with van der Waals surface area (Å²) in [6, 6.07) is -0.150. The number of aliphatic hydroxyl groups excluding tert-OH is 1. The Hall–Kier alpha value is -0.170. The molecule has 2 atom stereocenters. The maximum atomic E-state index is 12.8. The van der Waals surface area contributed by atoms with E-state index >= 15 is 0 Å². The van der Waals surface area contributed by atoms with Crippen molar-refractivity contribution < 1.29 is 13.5 Å². The lowest BCUT2D eigenvalue weighted by molar-refractivity contribution is 0.169. The maximum Gasteiger partial charge on any atom is 0.282 e. The zero-order chi connectivity index (χ0) is 13.9. The van der Waals surface area contributed by atoms with E-state index in [-0.39, 0.29) is 18.7 Å². The molecule has 2 aliphatic heterocycles. The Balaban J connectivity index is 2.20. The predicted molar refractivity (Wildman–Crippen MR) is 75.0 cm³/mol. The number of nitrogens with zero attached hydrogens (tertiary/aromatic N) is 2. The first kappa shape index (κ1) is 15.2. The van der Waals surface area contributed by atoms with Crippen molar-refractivity contribution >= 4 is 10.2 Å². The zero-order valence-corrected chi connectivity index (χ0v) is 12.6. The molecule has 2 saturated heterocycles. The fourth-order valence-electron chi connectivity index (χ4n) is 3.19. The van der Waals surface area contributed by atoms with Crippen LogP contribution in [0.5, 0.6) is 0 Å². The monoisotopic (exact) mass is 290 g/mol. The van der Waals surface area contributed by atoms with Gasteiger partial charge in [-0.2, -0.15) is 17.0 Å². The summed E-state index contributed by atoms with van der Waals surface area (Å²) >= 11 is 0. The maximum absolute atomic E-state index is 12.8. The Morgan fingerprint density at radius 2 is 1.63 bits per heavy atom. The lowest BCUT2D eigenvalue weighted by atomic mass is 10.1. The summed E-state index contributed by atoms with van der Waals surface area (Å²) in [4.78, 5) is 0. The molecule has 0 aliphatic carbocycles. The molecule has 0 aromatic carbocycles. The molecular formula is C13H26N2O3S. The van der Waals surface area contributed by atoms with E-state index in [0.717, 1.165) is 44.9 Å². The minimum atomic E-state index is -3.41. The van der Waals surface area contributed by atoms with E-state index in [1.165, 1.54) is 0 Å². The standard InChI is InChI=1S/C13H26N2O3S/c1-12-7-4-6-9-14(12)19(17,18)15-10-5-2-3-8-13(15)11-16/h12-13,16H,2-11H2,1H3. The number of piperidine rings is 1. The first-order valence-corrected chi connectivity index (χ1v) is 8.86. The second-order valence-electron chi connectivity index (χ2n) is 5.76. The van der Waals surface area contributed by atoms with Crippen molar-refractivity contribution in [2.45, 2.75) is 64.0 Å². The smallest absolute Gasteiger partial charge is 0.282 e. The van der Waals surface area contributed by atoms with Crippen LogP contribution in [0.15, 0.2) is 0 Å². The SMILES string of the molecule is CC1CCCCN1S(=O)(=O)N1CCCCCC1CO. The molecule has 5 nitrogen and oxygen atoms in total. The van der Waals surface area contributed by atoms with E-state index in [1.54, 1.807) is 8.61 Å². The van der Waals surface area contributed by atoms with E-state index in [4.69, 9.17) is 0 Å². The van der Waals surface area contributed by atoms with Crippen molar-refractivity contribution in [3.63, 3.8) is 0 Å². The number of hydrogen-bond donors (Lipinski definition) is 1. The topological polar surface area (TPSA) is 60.9 Å². The highest BCUT2D eigenvalue weighted by Gasteiger charge is 2.38. The van der Waals surface area contributed by atoms with Crippen molar-refractivity contribution in [1.29, 1.82) is 0 Å². The van der Waals surface area contributed by atoms with Crippen molar-refractivity contribution in [3.8, 4) is 0 Å². The van der Waals surface area contributed by atoms with Gasteiger partial charge in [-0.3, -0.25) is 0 Å². The number of hydrogen-bond acceptors (Lipinski definition) is 3. The summed E-state index contributed by atoms with van der Waals surface area (Å²) < 4.78 is 28.8. The van der Waals surface area contributed by atoms with Gasteiger partial charge in [0.2, 0.25) is 0 Å². The molecule has 0 aromatic heterocycles. The van der Waals surface area contributed by atoms with Gasteiger partial charge < -0.3 is 5.11 Å². The summed E-state index contributed by atoms with van der Waals surface area (Å²) in [6.07, 6.45) is 6.73. The Morgan fingerprint density at radius 3 is 2.32 bits per heavy atom. The fraction of sp³-hybridized carbons (Fsp3) is 1.00. The van der Waals surface area contributed by atoms with Gasteiger partial charge in [-0.25, -0.2) is 0 Å². The molecule has 1 N–H and O–H groups in total. The van der Waals surface area contributed by atoms with Gasteiger partial charge in [0.1, 0.15) is 0 Å². The molecule has 2 aliphatic rings. The van der Waals surface area contributed by atoms with Gasteiger partial charge in [-0.1, -0.05) is 19.3 Å². The van der Waals surface area contributed by atoms with Crippen LogP contribution < -0.4 is 0 Å². The Morgan fingerprint density at radius 1 is 1.00 bits per heavy atom. The van der Waals surface area contributed by atoms with Crippen molar-refractivity contribution in [2.24, 2.45) is 0 Å². The summed E-state index contributed by atoms with van der Waals surface area (Å²) in [5.74, 6) is 0. The molecule has 0 bridgehead atoms. The van der Waals surface area contributed by atoms with Gasteiger partial charge in [-0.05, 0) is 32.6 Å². The van der Waals surface area contributed by atoms with Crippen LogP contribution in [0.2, 0.25) is 0 Å². The summed E-state index contributed by atoms with van der Waals surface area (Å²) in [6.45, 7) is 3.10. The van der Waals surface area contributed by atoms with Gasteiger partial charge in [0.05, 0.1) is 6.61 Å². The van der Waals surface area contributed by atoms with Crippen LogP contribution in [0.25, 0.3) is 0 Å². The molecule has 0 saturated carbocycles. The molecule has 2 unspecified atom stereocenters. The Bertz CT molecular complexity index is 385. The van der Waals surface area contributed by atoms with Crippen LogP contribution in [0.4, 0.5) is 0 Å². The number of aliphatic hydroxyl groups is 1. The van der Waals surface area contributed by atoms with Crippen LogP contribution in [0.1, 0.15) is 51.9 Å². The molecule has 19 heavy (non-hydrogen) atoms. The van der Waals surface area contributed by atoms with Crippen LogP contribution in [0, 0.1) is 0 Å². The van der Waals surface area contributed by atoms with Gasteiger partial charge in [0.25, 0.3) is 10.2 Å². The highest BCUT2D eigenvalue weighted by atomic mass is 32.2. The first-order chi connectivity index (χ1) is 9.07. The van der Waals surface area contributed by atoms with Gasteiger partial charge in [0, 0.05) is 25.2 Å². The summed E-state index contributed by atoms with van der Waals surface area (Å²) in [5, 5.41) is 9.49. The van der Waals surface area contributed by atoms with Crippen LogP contribution in [-0.4, -0.2) is 53.9 Å². The second-order valence-corrected chi connectivity index (χ2v) is 7.59. The van der Waals surface area contributed by atoms with Gasteiger partial charge in [0.15, 0.2) is 0 Å². The quantitative estimate of drug-likeness (QED) is 0.853. The minimum Gasteiger partial charge on any atom is -0.395 e. The van der Waals surface area contributed by atoms with Crippen molar-refractivity contribution in [3.05, 3.63) is 0 Å². The molecule has 0 amide bonds. The van der Waals surface area contributed by atoms with E-state index in [2.05, 4.69) is 0 Å². The normalized spacial score (nSPS) is 32.1. The largest absolute Gasteiger partial charge is 0.395 e. The molecule has 0 spiro atoms. The van der Waals surface area contributed by atoms with E-state index in [1.807, 2.05) is 6.92 Å². The predicted octanol–water partition coefficient (Wildman–Crippen LogP) is 1.34. The Labute approximate surface area is 116 Å². The minimum absolute atomic E-state index is 0.0680. The van der Waals surface area contributed by atoms with E-state index in [9.17, 15) is 13.5 Å². The van der Waals surface area contributed by atoms with Gasteiger partial charge >= 0.3 is 0 Å². The molecule has 0 radical (unpaired) electrons. The molecule has 0 aromatic rings. The average molecular weight is 290 g/mol. The lowest BCUT2D eigenvalue weighted by Crippen LogP contribution is -2.53. The third kappa shape index (κ3) is 3.29. The lowest BCUT2D eigenvalue weighted by Gasteiger charge is -2.38. The Kier molecular flexibility index (Phi) is 5.22. The third-order valence-electron chi connectivity index (χ3n) is 4.37. The highest BCUT2D eigenvalue weighted by molar-refractivity contribution is 7.86. The van der Waals surface area contributed by atoms with E-state index < -0.39 is 10.2 Å². The molecule has 2 heterocycles. The fourth-order valence-corrected chi connectivity index (χ4v) is 5.28. The molecule has 2 fully saturated rings. The van der Waals surface area contributed by atoms with Crippen LogP contribution >= 0.6 is 0 Å². The zero-order valence-electron chi connectivity index (χ0n) is 11.8. The molecular weight excluding hydrogens is 264 g/mol. The highest BCUT2D eigenvalue weighted by Crippen LogP contribution is 2.26. The second kappa shape index (κ2) is 6.52. The van der Waals surface area contributed by atoms with Crippen LogP contribution in [-0.2, 0) is 10.2 Å². The summed E-state index contributed by atoms with van der Waals surface area (Å²) in [7, 11) is -3.41. The average Bonchev–Trinajstić information content (AvgIpc) is 2.64. The number of rotatable bonds is 3. The first-order valence-electron chi connectivity index (χ1n) is 7.47. The van der Waals surface area contributed by atoms with Gasteiger partial charge in [-0.15, -0.1) is 0 Å². The third-order valence-corrected chi connectivity index (χ3v) is 6.58. The van der Waals surface area contributed by atoms with Crippen molar-refractivity contribution in [1.82, 2.24) is 8.61 Å². The molecule has 2 rings (SSSR count). The van der Waals surface area contributed by atoms with Crippen molar-refractivity contribution in [2.75, 3.05) is 19.7 Å². The van der Waals surface area contributed by atoms with E-state index in [0.29, 0.717) is 13.1 Å². The molecule has 112 valence electrons. The van der Waals surface area contributed by atoms with Crippen LogP contribution in [0.3, 0.4) is 0 Å². The molecule has 6 heteroatoms.